The molecule has 2 amide bonds. The molecule has 0 spiro atoms. The summed E-state index contributed by atoms with van der Waals surface area (Å²) in [4.78, 5) is 49.2. The van der Waals surface area contributed by atoms with Crippen LogP contribution in [0.2, 0.25) is 0 Å². The van der Waals surface area contributed by atoms with Crippen LogP contribution < -0.4 is 10.6 Å². The average molecular weight is 815 g/mol. The summed E-state index contributed by atoms with van der Waals surface area (Å²) in [5.41, 5.74) is 2.29. The highest BCUT2D eigenvalue weighted by Gasteiger charge is 2.59. The Kier molecular flexibility index (Phi) is 20.0. The lowest BCUT2D eigenvalue weighted by Gasteiger charge is -2.58. The van der Waals surface area contributed by atoms with Crippen molar-refractivity contribution in [2.75, 3.05) is 37.8 Å². The summed E-state index contributed by atoms with van der Waals surface area (Å²) in [6.45, 7) is 18.1. The lowest BCUT2D eigenvalue weighted by Crippen LogP contribution is -2.51. The summed E-state index contributed by atoms with van der Waals surface area (Å²) < 4.78 is 11.6. The normalized spacial score (nSPS) is 29.1. The number of fused-ring (bicyclic) bond motifs is 5. The first kappa shape index (κ1) is 47.8. The summed E-state index contributed by atoms with van der Waals surface area (Å²) in [6.07, 6.45) is 22.3. The molecule has 9 heteroatoms. The van der Waals surface area contributed by atoms with Gasteiger partial charge in [-0.3, -0.25) is 19.2 Å². The van der Waals surface area contributed by atoms with Crippen LogP contribution in [0.5, 0.6) is 0 Å². The van der Waals surface area contributed by atoms with E-state index in [1.165, 1.54) is 63.1 Å². The Morgan fingerprint density at radius 3 is 2.39 bits per heavy atom. The maximum atomic E-state index is 12.8. The van der Waals surface area contributed by atoms with Gasteiger partial charge in [-0.25, -0.2) is 0 Å². The van der Waals surface area contributed by atoms with Crippen LogP contribution in [-0.2, 0) is 28.7 Å². The second kappa shape index (κ2) is 23.8. The van der Waals surface area contributed by atoms with E-state index in [0.29, 0.717) is 55.2 Å². The van der Waals surface area contributed by atoms with Gasteiger partial charge < -0.3 is 20.1 Å². The Labute approximate surface area is 351 Å². The molecular weight excluding hydrogens is 733 g/mol. The summed E-state index contributed by atoms with van der Waals surface area (Å²) >= 11 is 1.44. The zero-order valence-corrected chi connectivity index (χ0v) is 38.0. The van der Waals surface area contributed by atoms with E-state index in [9.17, 15) is 19.2 Å². The number of esters is 1. The third kappa shape index (κ3) is 13.8. The Balaban J connectivity index is 1.04. The molecule has 0 aromatic heterocycles. The highest BCUT2D eigenvalue weighted by Crippen LogP contribution is 2.67. The van der Waals surface area contributed by atoms with Gasteiger partial charge in [-0.2, -0.15) is 11.8 Å². The third-order valence-corrected chi connectivity index (χ3v) is 16.0. The number of rotatable bonds is 26. The van der Waals surface area contributed by atoms with E-state index < -0.39 is 0 Å². The Hall–Kier alpha value is -1.87. The van der Waals surface area contributed by atoms with Crippen LogP contribution >= 0.6 is 11.8 Å². The predicted octanol–water partition coefficient (Wildman–Crippen LogP) is 10.3. The number of carbonyl (C=O) groups excluding carboxylic acids is 4. The number of nitrogens with one attached hydrogen (secondary N) is 2. The molecule has 8 nitrogen and oxygen atoms in total. The molecule has 3 fully saturated rings. The molecule has 2 N–H and O–H groups in total. The number of amides is 2. The third-order valence-electron chi connectivity index (χ3n) is 15.0. The lowest BCUT2D eigenvalue weighted by molar-refractivity contribution is -0.152. The highest BCUT2D eigenvalue weighted by molar-refractivity contribution is 7.99. The molecule has 0 radical (unpaired) electrons. The first-order valence-electron chi connectivity index (χ1n) is 23.4. The molecule has 4 aliphatic rings. The second-order valence-electron chi connectivity index (χ2n) is 19.3. The maximum absolute atomic E-state index is 12.8. The highest BCUT2D eigenvalue weighted by atomic mass is 32.2. The zero-order chi connectivity index (χ0) is 41.4. The van der Waals surface area contributed by atoms with Gasteiger partial charge >= 0.3 is 5.97 Å². The molecule has 0 saturated heterocycles. The molecule has 0 bridgehead atoms. The Bertz CT molecular complexity index is 1320. The first-order valence-corrected chi connectivity index (χ1v) is 24.6. The van der Waals surface area contributed by atoms with Crippen molar-refractivity contribution in [1.82, 2.24) is 10.6 Å². The number of unbranched alkanes of at least 4 members (excludes halogenated alkanes) is 1. The Morgan fingerprint density at radius 1 is 0.842 bits per heavy atom. The van der Waals surface area contributed by atoms with Gasteiger partial charge in [0, 0.05) is 44.0 Å². The average Bonchev–Trinajstić information content (AvgIpc) is 3.54. The fourth-order valence-electron chi connectivity index (χ4n) is 11.8. The van der Waals surface area contributed by atoms with Crippen molar-refractivity contribution in [2.24, 2.45) is 52.3 Å². The largest absolute Gasteiger partial charge is 0.462 e. The fourth-order valence-corrected chi connectivity index (χ4v) is 12.6. The van der Waals surface area contributed by atoms with Gasteiger partial charge in [-0.1, -0.05) is 92.2 Å². The smallest absolute Gasteiger partial charge is 0.308 e. The number of Topliss-reactive ketones (excluding diaryl/α,β-unsaturated/α-hetero) is 1. The number of hydrogen-bond acceptors (Lipinski definition) is 7. The van der Waals surface area contributed by atoms with Gasteiger partial charge in [-0.05, 0) is 111 Å². The van der Waals surface area contributed by atoms with Gasteiger partial charge in [0.05, 0.1) is 25.4 Å². The molecule has 3 unspecified atom stereocenters. The maximum Gasteiger partial charge on any atom is 0.308 e. The van der Waals surface area contributed by atoms with Crippen molar-refractivity contribution < 1.29 is 28.7 Å². The van der Waals surface area contributed by atoms with Crippen LogP contribution in [0.1, 0.15) is 170 Å². The number of hydrogen-bond donors (Lipinski definition) is 2. The minimum absolute atomic E-state index is 0.00247. The van der Waals surface area contributed by atoms with Crippen molar-refractivity contribution >= 4 is 35.3 Å². The van der Waals surface area contributed by atoms with Crippen LogP contribution in [0.25, 0.3) is 0 Å². The molecule has 326 valence electrons. The van der Waals surface area contributed by atoms with Crippen molar-refractivity contribution in [3.63, 3.8) is 0 Å². The van der Waals surface area contributed by atoms with E-state index >= 15 is 0 Å². The summed E-state index contributed by atoms with van der Waals surface area (Å²) in [5.74, 6) is 6.04. The molecule has 57 heavy (non-hydrogen) atoms. The van der Waals surface area contributed by atoms with Crippen LogP contribution in [0.3, 0.4) is 0 Å². The van der Waals surface area contributed by atoms with Crippen LogP contribution in [0.15, 0.2) is 11.6 Å². The number of ketones is 1. The topological polar surface area (TPSA) is 111 Å². The van der Waals surface area contributed by atoms with Gasteiger partial charge in [0.1, 0.15) is 11.9 Å². The first-order chi connectivity index (χ1) is 27.3. The van der Waals surface area contributed by atoms with E-state index in [1.807, 2.05) is 6.92 Å². The molecule has 4 rings (SSSR count). The number of thioether (sulfide) groups is 1. The monoisotopic (exact) mass is 815 g/mol. The lowest BCUT2D eigenvalue weighted by atomic mass is 9.47. The molecule has 4 aliphatic carbocycles. The van der Waals surface area contributed by atoms with Crippen molar-refractivity contribution in [1.29, 1.82) is 0 Å². The van der Waals surface area contributed by atoms with E-state index in [4.69, 9.17) is 9.47 Å². The van der Waals surface area contributed by atoms with E-state index in [-0.39, 0.29) is 48.2 Å². The fraction of sp³-hybridized carbons (Fsp3) is 0.875. The number of allylic oxidation sites excluding steroid dienone is 1. The number of ether oxygens (including phenoxy) is 2. The van der Waals surface area contributed by atoms with Gasteiger partial charge in [0.2, 0.25) is 11.8 Å². The van der Waals surface area contributed by atoms with Gasteiger partial charge in [-0.15, -0.1) is 0 Å². The van der Waals surface area contributed by atoms with E-state index in [1.54, 1.807) is 5.57 Å². The van der Waals surface area contributed by atoms with E-state index in [0.717, 1.165) is 86.9 Å². The molecule has 9 atom stereocenters. The Morgan fingerprint density at radius 2 is 1.63 bits per heavy atom. The second-order valence-corrected chi connectivity index (χ2v) is 20.4. The molecule has 0 aliphatic heterocycles. The molecule has 0 heterocycles. The predicted molar refractivity (Wildman–Crippen MR) is 234 cm³/mol. The van der Waals surface area contributed by atoms with Gasteiger partial charge in [0.25, 0.3) is 0 Å². The number of carbonyl (C=O) groups is 4. The van der Waals surface area contributed by atoms with Crippen LogP contribution in [-0.4, -0.2) is 67.5 Å². The van der Waals surface area contributed by atoms with Crippen LogP contribution in [0.4, 0.5) is 0 Å². The molecule has 0 aromatic rings. The summed E-state index contributed by atoms with van der Waals surface area (Å²) in [6, 6.07) is 0. The molecule has 3 saturated carbocycles. The minimum atomic E-state index is -0.195. The van der Waals surface area contributed by atoms with Crippen molar-refractivity contribution in [3.05, 3.63) is 11.6 Å². The minimum Gasteiger partial charge on any atom is -0.462 e. The van der Waals surface area contributed by atoms with Crippen molar-refractivity contribution in [2.45, 2.75) is 177 Å². The standard InChI is InChI=1S/C48H82N2O6S/c1-8-13-36(43(51)9-2)16-10-11-27-49-44(52)24-31-57-33-45(53)50-28-30-55-29-23-46(54)56-38-21-25-47(6)37(32-38)17-18-39-41-20-19-40(35(5)15-12-14-34(3)4)48(41,7)26-22-42(39)47/h17,34-36,38-42H,8-16,18-33H2,1-7H3,(H,49,52)(H,50,53)/t35?,36?,38-,39-,40?,41+,42+,47-,48+/m0/s1. The van der Waals surface area contributed by atoms with Crippen molar-refractivity contribution in [3.8, 4) is 0 Å². The quantitative estimate of drug-likeness (QED) is 0.0508. The SMILES string of the molecule is CCCC(CCCCNC(=O)CCSCC(=O)NCCOCCC(=O)O[C@H]1CC[C@@]2(C)C(=CC[C@@H]3[C@H]2CC[C@]2(C)C(C(C)CCCC(C)C)CC[C@H]32)C1)C(=O)CC. The molecular formula is C48H82N2O6S. The van der Waals surface area contributed by atoms with E-state index in [2.05, 4.69) is 58.3 Å². The van der Waals surface area contributed by atoms with Gasteiger partial charge in [0.15, 0.2) is 0 Å². The van der Waals surface area contributed by atoms with Crippen LogP contribution in [0, 0.1) is 52.3 Å². The molecule has 0 aromatic carbocycles. The summed E-state index contributed by atoms with van der Waals surface area (Å²) in [5, 5.41) is 5.81. The zero-order valence-electron chi connectivity index (χ0n) is 37.2. The summed E-state index contributed by atoms with van der Waals surface area (Å²) in [7, 11) is 0.